The summed E-state index contributed by atoms with van der Waals surface area (Å²) in [5, 5.41) is 11.3. The second kappa shape index (κ2) is 11.1. The summed E-state index contributed by atoms with van der Waals surface area (Å²) in [6, 6.07) is 8.37. The van der Waals surface area contributed by atoms with Crippen LogP contribution in [0.5, 0.6) is 0 Å². The highest BCUT2D eigenvalue weighted by molar-refractivity contribution is 5.90. The van der Waals surface area contributed by atoms with Crippen molar-refractivity contribution in [1.82, 2.24) is 20.0 Å². The van der Waals surface area contributed by atoms with E-state index in [1.54, 1.807) is 0 Å². The van der Waals surface area contributed by atoms with E-state index in [-0.39, 0.29) is 5.69 Å². The van der Waals surface area contributed by atoms with Crippen molar-refractivity contribution in [2.45, 2.75) is 25.1 Å². The van der Waals surface area contributed by atoms with Gasteiger partial charge in [-0.15, -0.1) is 10.2 Å². The molecule has 3 aliphatic rings. The quantitative estimate of drug-likeness (QED) is 0.651. The lowest BCUT2D eigenvalue weighted by Crippen LogP contribution is -2.50. The normalized spacial score (nSPS) is 21.4. The van der Waals surface area contributed by atoms with Gasteiger partial charge >= 0.3 is 12.2 Å². The number of piperazine rings is 2. The van der Waals surface area contributed by atoms with Crippen molar-refractivity contribution in [2.75, 3.05) is 80.6 Å². The Kier molecular flexibility index (Phi) is 7.65. The Hall–Kier alpha value is -3.12. The van der Waals surface area contributed by atoms with Gasteiger partial charge in [0.05, 0.1) is 17.4 Å². The van der Waals surface area contributed by atoms with Crippen LogP contribution in [0.3, 0.4) is 0 Å². The van der Waals surface area contributed by atoms with E-state index in [9.17, 15) is 18.0 Å². The van der Waals surface area contributed by atoms with E-state index in [1.807, 2.05) is 17.0 Å². The summed E-state index contributed by atoms with van der Waals surface area (Å²) in [6.07, 6.45) is -1.86. The van der Waals surface area contributed by atoms with Crippen molar-refractivity contribution in [1.29, 1.82) is 0 Å². The fourth-order valence-electron chi connectivity index (χ4n) is 5.06. The summed E-state index contributed by atoms with van der Waals surface area (Å²) in [6.45, 7) is 7.39. The molecule has 0 saturated carbocycles. The van der Waals surface area contributed by atoms with Crippen molar-refractivity contribution < 1.29 is 22.7 Å². The molecule has 0 bridgehead atoms. The number of urea groups is 1. The molecule has 200 valence electrons. The Morgan fingerprint density at radius 3 is 2.11 bits per heavy atom. The Labute approximate surface area is 214 Å². The number of nitrogens with one attached hydrogen (secondary N) is 1. The highest BCUT2D eigenvalue weighted by atomic mass is 19.4. The third kappa shape index (κ3) is 6.24. The zero-order chi connectivity index (χ0) is 25.8. The molecule has 0 radical (unpaired) electrons. The summed E-state index contributed by atoms with van der Waals surface area (Å²) in [5.74, 6) is 1.57. The average molecular weight is 520 g/mol. The van der Waals surface area contributed by atoms with Crippen LogP contribution in [-0.2, 0) is 10.9 Å². The Morgan fingerprint density at radius 2 is 1.54 bits per heavy atom. The van der Waals surface area contributed by atoms with Gasteiger partial charge in [0, 0.05) is 65.5 Å². The lowest BCUT2D eigenvalue weighted by molar-refractivity contribution is -0.136. The third-order valence-electron chi connectivity index (χ3n) is 7.18. The highest BCUT2D eigenvalue weighted by Crippen LogP contribution is 2.34. The number of nitrogens with zero attached hydrogens (tertiary/aromatic N) is 6. The molecule has 12 heteroatoms. The Balaban J connectivity index is 1.09. The molecule has 0 spiro atoms. The van der Waals surface area contributed by atoms with Crippen LogP contribution >= 0.6 is 0 Å². The van der Waals surface area contributed by atoms with Crippen LogP contribution in [-0.4, -0.2) is 97.6 Å². The number of hydrogen-bond donors (Lipinski definition) is 1. The van der Waals surface area contributed by atoms with Crippen LogP contribution in [0.1, 0.15) is 18.4 Å². The Morgan fingerprint density at radius 1 is 0.919 bits per heavy atom. The molecule has 1 aromatic heterocycles. The van der Waals surface area contributed by atoms with Crippen LogP contribution in [0.15, 0.2) is 36.4 Å². The molecule has 4 heterocycles. The van der Waals surface area contributed by atoms with Crippen LogP contribution < -0.4 is 15.1 Å². The summed E-state index contributed by atoms with van der Waals surface area (Å²) in [5.41, 5.74) is -1.10. The zero-order valence-electron chi connectivity index (χ0n) is 20.7. The van der Waals surface area contributed by atoms with Gasteiger partial charge in [-0.2, -0.15) is 13.2 Å². The molecule has 1 unspecified atom stereocenters. The number of benzene rings is 1. The van der Waals surface area contributed by atoms with Gasteiger partial charge in [0.1, 0.15) is 0 Å². The van der Waals surface area contributed by atoms with Crippen LogP contribution in [0.25, 0.3) is 0 Å². The van der Waals surface area contributed by atoms with E-state index in [0.29, 0.717) is 32.3 Å². The van der Waals surface area contributed by atoms with Crippen molar-refractivity contribution in [3.8, 4) is 0 Å². The highest BCUT2D eigenvalue weighted by Gasteiger charge is 2.34. The standard InChI is InChI=1S/C25H32F3N7O2/c26-25(27,28)20-5-1-2-6-21(20)29-24(36)35-15-13-34(14-16-35)23-8-7-22(30-31-23)33-11-9-32(10-12-33)18-19-4-3-17-37-19/h1-2,5-8,19H,3-4,9-18H2,(H,29,36). The van der Waals surface area contributed by atoms with Gasteiger partial charge in [-0.1, -0.05) is 12.1 Å². The predicted molar refractivity (Wildman–Crippen MR) is 134 cm³/mol. The molecule has 3 saturated heterocycles. The molecule has 3 aliphatic heterocycles. The molecular weight excluding hydrogens is 487 g/mol. The minimum atomic E-state index is -4.54. The number of ether oxygens (including phenoxy) is 1. The number of carbonyl (C=O) groups is 1. The average Bonchev–Trinajstić information content (AvgIpc) is 3.42. The van der Waals surface area contributed by atoms with Gasteiger partial charge in [-0.25, -0.2) is 4.79 Å². The first-order chi connectivity index (χ1) is 17.9. The molecule has 0 aliphatic carbocycles. The number of rotatable bonds is 5. The molecule has 9 nitrogen and oxygen atoms in total. The second-order valence-corrected chi connectivity index (χ2v) is 9.62. The van der Waals surface area contributed by atoms with E-state index in [0.717, 1.165) is 69.9 Å². The van der Waals surface area contributed by atoms with E-state index in [2.05, 4.69) is 25.3 Å². The number of carbonyl (C=O) groups excluding carboxylic acids is 1. The fraction of sp³-hybridized carbons (Fsp3) is 0.560. The second-order valence-electron chi connectivity index (χ2n) is 9.62. The molecule has 1 N–H and O–H groups in total. The van der Waals surface area contributed by atoms with Gasteiger partial charge in [0.25, 0.3) is 0 Å². The monoisotopic (exact) mass is 519 g/mol. The largest absolute Gasteiger partial charge is 0.418 e. The lowest BCUT2D eigenvalue weighted by Gasteiger charge is -2.37. The van der Waals surface area contributed by atoms with E-state index < -0.39 is 17.8 Å². The number of amides is 2. The van der Waals surface area contributed by atoms with E-state index >= 15 is 0 Å². The number of halogens is 3. The van der Waals surface area contributed by atoms with Crippen LogP contribution in [0, 0.1) is 0 Å². The maximum absolute atomic E-state index is 13.2. The van der Waals surface area contributed by atoms with E-state index in [4.69, 9.17) is 4.74 Å². The summed E-state index contributed by atoms with van der Waals surface area (Å²) >= 11 is 0. The maximum atomic E-state index is 13.2. The number of aromatic nitrogens is 2. The third-order valence-corrected chi connectivity index (χ3v) is 7.18. The summed E-state index contributed by atoms with van der Waals surface area (Å²) < 4.78 is 45.4. The first-order valence-corrected chi connectivity index (χ1v) is 12.8. The van der Waals surface area contributed by atoms with Crippen LogP contribution in [0.2, 0.25) is 0 Å². The van der Waals surface area contributed by atoms with Crippen LogP contribution in [0.4, 0.5) is 35.3 Å². The first kappa shape index (κ1) is 25.5. The molecule has 5 rings (SSSR count). The fourth-order valence-corrected chi connectivity index (χ4v) is 5.06. The predicted octanol–water partition coefficient (Wildman–Crippen LogP) is 3.15. The summed E-state index contributed by atoms with van der Waals surface area (Å²) in [4.78, 5) is 20.9. The smallest absolute Gasteiger partial charge is 0.377 e. The van der Waals surface area contributed by atoms with Gasteiger partial charge in [0.2, 0.25) is 0 Å². The van der Waals surface area contributed by atoms with Crippen molar-refractivity contribution in [3.05, 3.63) is 42.0 Å². The number of para-hydroxylation sites is 1. The zero-order valence-corrected chi connectivity index (χ0v) is 20.7. The Bertz CT molecular complexity index is 1050. The number of hydrogen-bond acceptors (Lipinski definition) is 7. The minimum absolute atomic E-state index is 0.239. The van der Waals surface area contributed by atoms with Gasteiger partial charge in [-0.3, -0.25) is 4.90 Å². The number of anilines is 3. The number of alkyl halides is 3. The van der Waals surface area contributed by atoms with Crippen molar-refractivity contribution in [2.24, 2.45) is 0 Å². The molecule has 1 atom stereocenters. The molecular formula is C25H32F3N7O2. The molecule has 3 fully saturated rings. The first-order valence-electron chi connectivity index (χ1n) is 12.8. The molecule has 37 heavy (non-hydrogen) atoms. The molecule has 1 aromatic carbocycles. The maximum Gasteiger partial charge on any atom is 0.418 e. The topological polar surface area (TPSA) is 77.1 Å². The summed E-state index contributed by atoms with van der Waals surface area (Å²) in [7, 11) is 0. The minimum Gasteiger partial charge on any atom is -0.377 e. The van der Waals surface area contributed by atoms with Crippen molar-refractivity contribution >= 4 is 23.4 Å². The SMILES string of the molecule is O=C(Nc1ccccc1C(F)(F)F)N1CCN(c2ccc(N3CCN(CC4CCCO4)CC3)nn2)CC1. The van der Waals surface area contributed by atoms with E-state index in [1.165, 1.54) is 23.1 Å². The van der Waals surface area contributed by atoms with Gasteiger partial charge < -0.3 is 24.8 Å². The van der Waals surface area contributed by atoms with Gasteiger partial charge in [0.15, 0.2) is 11.6 Å². The van der Waals surface area contributed by atoms with Gasteiger partial charge in [-0.05, 0) is 37.1 Å². The lowest BCUT2D eigenvalue weighted by atomic mass is 10.1. The molecule has 2 amide bonds. The molecule has 2 aromatic rings. The van der Waals surface area contributed by atoms with Crippen molar-refractivity contribution in [3.63, 3.8) is 0 Å².